The summed E-state index contributed by atoms with van der Waals surface area (Å²) in [6.45, 7) is 1.46. The van der Waals surface area contributed by atoms with Crippen LogP contribution in [0.15, 0.2) is 35.5 Å². The Labute approximate surface area is 212 Å². The largest absolute Gasteiger partial charge is 0.417 e. The molecular formula is C22H17ClF4N6O3S. The highest BCUT2D eigenvalue weighted by molar-refractivity contribution is 7.91. The maximum Gasteiger partial charge on any atom is 0.417 e. The van der Waals surface area contributed by atoms with Crippen molar-refractivity contribution in [3.63, 3.8) is 0 Å². The first kappa shape index (κ1) is 25.3. The van der Waals surface area contributed by atoms with Gasteiger partial charge in [0.15, 0.2) is 21.5 Å². The first-order valence-electron chi connectivity index (χ1n) is 10.9. The highest BCUT2D eigenvalue weighted by atomic mass is 35.5. The molecule has 1 saturated heterocycles. The lowest BCUT2D eigenvalue weighted by Crippen LogP contribution is -2.44. The van der Waals surface area contributed by atoms with Gasteiger partial charge in [-0.3, -0.25) is 14.8 Å². The van der Waals surface area contributed by atoms with Crippen molar-refractivity contribution in [2.24, 2.45) is 4.99 Å². The summed E-state index contributed by atoms with van der Waals surface area (Å²) in [7, 11) is -3.25. The van der Waals surface area contributed by atoms with Gasteiger partial charge in [-0.05, 0) is 31.2 Å². The molecule has 1 fully saturated rings. The van der Waals surface area contributed by atoms with Gasteiger partial charge < -0.3 is 4.90 Å². The third kappa shape index (κ3) is 4.48. The first-order valence-corrected chi connectivity index (χ1v) is 13.1. The van der Waals surface area contributed by atoms with Crippen LogP contribution < -0.4 is 0 Å². The first-order chi connectivity index (χ1) is 17.4. The van der Waals surface area contributed by atoms with E-state index in [4.69, 9.17) is 11.6 Å². The van der Waals surface area contributed by atoms with Gasteiger partial charge in [0.25, 0.3) is 5.91 Å². The fourth-order valence-corrected chi connectivity index (χ4v) is 5.72. The van der Waals surface area contributed by atoms with Crippen LogP contribution in [0.25, 0.3) is 5.69 Å². The van der Waals surface area contributed by atoms with Gasteiger partial charge in [0, 0.05) is 24.8 Å². The molecule has 0 unspecified atom stereocenters. The molecule has 0 spiro atoms. The average Bonchev–Trinajstić information content (AvgIpc) is 3.23. The van der Waals surface area contributed by atoms with Crippen molar-refractivity contribution in [1.82, 2.24) is 24.6 Å². The Morgan fingerprint density at radius 1 is 1.16 bits per heavy atom. The molecule has 9 nitrogen and oxygen atoms in total. The van der Waals surface area contributed by atoms with E-state index >= 15 is 0 Å². The smallest absolute Gasteiger partial charge is 0.334 e. The number of halogens is 5. The van der Waals surface area contributed by atoms with Crippen LogP contribution in [0, 0.1) is 5.82 Å². The van der Waals surface area contributed by atoms with Crippen molar-refractivity contribution in [2.75, 3.05) is 24.6 Å². The van der Waals surface area contributed by atoms with Crippen LogP contribution in [0.3, 0.4) is 0 Å². The molecule has 0 bridgehead atoms. The van der Waals surface area contributed by atoms with Crippen molar-refractivity contribution in [3.05, 3.63) is 69.8 Å². The molecule has 3 aromatic rings. The molecule has 2 aliphatic rings. The zero-order valence-corrected chi connectivity index (χ0v) is 20.6. The number of hydrogen-bond donors (Lipinski definition) is 0. The standard InChI is InChI=1S/C22H17ClF4N6O3S/c1-11-20-30-19(21(34)32-7-9-37(35,36)10-8-32)31-33(20)14-5-4-12(22(25,26)27)16(23)15(14)18(29-11)17-13(24)3-2-6-28-17/h2-6,11H,7-10H2,1H3/t11-/m0/s1. The highest BCUT2D eigenvalue weighted by Gasteiger charge is 2.38. The maximum atomic E-state index is 14.7. The van der Waals surface area contributed by atoms with Crippen LogP contribution in [-0.4, -0.2) is 69.3 Å². The van der Waals surface area contributed by atoms with Crippen molar-refractivity contribution in [1.29, 1.82) is 0 Å². The van der Waals surface area contributed by atoms with E-state index in [0.29, 0.717) is 0 Å². The lowest BCUT2D eigenvalue weighted by molar-refractivity contribution is -0.137. The number of benzene rings is 1. The minimum absolute atomic E-state index is 0.00562. The van der Waals surface area contributed by atoms with Crippen LogP contribution in [-0.2, 0) is 16.0 Å². The molecule has 5 rings (SSSR count). The third-order valence-electron chi connectivity index (χ3n) is 6.02. The fourth-order valence-electron chi connectivity index (χ4n) is 4.16. The number of carbonyl (C=O) groups excluding carboxylic acids is 1. The molecule has 37 heavy (non-hydrogen) atoms. The van der Waals surface area contributed by atoms with Crippen LogP contribution in [0.5, 0.6) is 0 Å². The number of carbonyl (C=O) groups is 1. The second kappa shape index (κ2) is 8.87. The van der Waals surface area contributed by atoms with Crippen molar-refractivity contribution in [2.45, 2.75) is 19.1 Å². The van der Waals surface area contributed by atoms with Crippen molar-refractivity contribution >= 4 is 33.1 Å². The molecule has 15 heteroatoms. The second-order valence-electron chi connectivity index (χ2n) is 8.46. The zero-order valence-electron chi connectivity index (χ0n) is 19.0. The summed E-state index contributed by atoms with van der Waals surface area (Å²) in [5, 5.41) is 3.50. The van der Waals surface area contributed by atoms with Crippen LogP contribution >= 0.6 is 11.6 Å². The van der Waals surface area contributed by atoms with E-state index in [9.17, 15) is 30.8 Å². The summed E-state index contributed by atoms with van der Waals surface area (Å²) < 4.78 is 80.5. The summed E-state index contributed by atoms with van der Waals surface area (Å²) in [6, 6.07) is 3.37. The number of rotatable bonds is 2. The summed E-state index contributed by atoms with van der Waals surface area (Å²) in [5.41, 5.74) is -1.98. The molecule has 0 aliphatic carbocycles. The van der Waals surface area contributed by atoms with E-state index in [1.54, 1.807) is 6.92 Å². The van der Waals surface area contributed by atoms with Crippen molar-refractivity contribution < 1.29 is 30.8 Å². The quantitative estimate of drug-likeness (QED) is 0.448. The number of aromatic nitrogens is 4. The molecule has 0 saturated carbocycles. The molecule has 1 aromatic carbocycles. The maximum absolute atomic E-state index is 14.7. The Kier molecular flexibility index (Phi) is 6.06. The Hall–Kier alpha value is -3.39. The van der Waals surface area contributed by atoms with E-state index in [0.717, 1.165) is 22.9 Å². The average molecular weight is 557 g/mol. The van der Waals surface area contributed by atoms with E-state index in [-0.39, 0.29) is 58.9 Å². The normalized spacial score (nSPS) is 19.0. The van der Waals surface area contributed by atoms with Gasteiger partial charge in [-0.15, -0.1) is 5.10 Å². The number of fused-ring (bicyclic) bond motifs is 3. The summed E-state index contributed by atoms with van der Waals surface area (Å²) in [5.74, 6) is -2.06. The van der Waals surface area contributed by atoms with E-state index in [2.05, 4.69) is 20.1 Å². The minimum Gasteiger partial charge on any atom is -0.334 e. The topological polar surface area (TPSA) is 110 Å². The van der Waals surface area contributed by atoms with Crippen LogP contribution in [0.2, 0.25) is 5.02 Å². The van der Waals surface area contributed by atoms with Gasteiger partial charge in [0.1, 0.15) is 11.7 Å². The number of amides is 1. The number of alkyl halides is 3. The summed E-state index contributed by atoms with van der Waals surface area (Å²) >= 11 is 6.27. The monoisotopic (exact) mass is 556 g/mol. The number of nitrogens with zero attached hydrogens (tertiary/aromatic N) is 6. The van der Waals surface area contributed by atoms with Gasteiger partial charge in [-0.2, -0.15) is 13.2 Å². The Morgan fingerprint density at radius 2 is 1.86 bits per heavy atom. The fraction of sp³-hybridized carbons (Fsp3) is 0.318. The predicted octanol–water partition coefficient (Wildman–Crippen LogP) is 3.26. The van der Waals surface area contributed by atoms with Gasteiger partial charge in [0.2, 0.25) is 5.82 Å². The zero-order chi connectivity index (χ0) is 26.7. The van der Waals surface area contributed by atoms with E-state index in [1.165, 1.54) is 17.2 Å². The van der Waals surface area contributed by atoms with Crippen LogP contribution in [0.1, 0.15) is 46.2 Å². The van der Waals surface area contributed by atoms with E-state index < -0.39 is 44.4 Å². The summed E-state index contributed by atoms with van der Waals surface area (Å²) in [4.78, 5) is 27.0. The van der Waals surface area contributed by atoms with Gasteiger partial charge in [-0.25, -0.2) is 22.5 Å². The number of pyridine rings is 1. The van der Waals surface area contributed by atoms with Crippen molar-refractivity contribution in [3.8, 4) is 5.69 Å². The molecule has 1 amide bonds. The molecule has 0 radical (unpaired) electrons. The lowest BCUT2D eigenvalue weighted by Gasteiger charge is -2.25. The second-order valence-corrected chi connectivity index (χ2v) is 11.1. The Balaban J connectivity index is 1.68. The summed E-state index contributed by atoms with van der Waals surface area (Å²) in [6.07, 6.45) is -3.55. The third-order valence-corrected chi connectivity index (χ3v) is 8.03. The number of aliphatic imine (C=N–C) groups is 1. The molecule has 2 aromatic heterocycles. The molecular weight excluding hydrogens is 540 g/mol. The molecule has 2 aliphatic heterocycles. The highest BCUT2D eigenvalue weighted by Crippen LogP contribution is 2.41. The molecule has 0 N–H and O–H groups in total. The predicted molar refractivity (Wildman–Crippen MR) is 124 cm³/mol. The van der Waals surface area contributed by atoms with Gasteiger partial charge in [-0.1, -0.05) is 11.6 Å². The Morgan fingerprint density at radius 3 is 2.51 bits per heavy atom. The number of hydrogen-bond acceptors (Lipinski definition) is 7. The minimum atomic E-state index is -4.82. The molecule has 194 valence electrons. The van der Waals surface area contributed by atoms with Gasteiger partial charge in [0.05, 0.1) is 33.5 Å². The molecule has 1 atom stereocenters. The number of sulfone groups is 1. The SMILES string of the molecule is C[C@@H]1N=C(c2ncccc2F)c2c(ccc(C(F)(F)F)c2Cl)-n2nc(C(=O)N3CCS(=O)(=O)CC3)nc21. The lowest BCUT2D eigenvalue weighted by atomic mass is 10.0. The van der Waals surface area contributed by atoms with E-state index in [1.807, 2.05) is 0 Å². The Bertz CT molecular complexity index is 1560. The molecule has 4 heterocycles. The van der Waals surface area contributed by atoms with Crippen LogP contribution in [0.4, 0.5) is 17.6 Å². The van der Waals surface area contributed by atoms with Gasteiger partial charge >= 0.3 is 6.18 Å².